The molecule has 0 aliphatic rings. The first-order valence-electron chi connectivity index (χ1n) is 18.2. The number of hydrogen-bond donors (Lipinski definition) is 0. The highest BCUT2D eigenvalue weighted by Gasteiger charge is 2.23. The maximum Gasteiger partial charge on any atom is 0.159 e. The fraction of sp³-hybridized carbons (Fsp3) is 0. The molecule has 4 heterocycles. The largest absolute Gasteiger partial charge is 0.454 e. The Bertz CT molecular complexity index is 3230. The predicted octanol–water partition coefficient (Wildman–Crippen LogP) is 11.2. The van der Waals surface area contributed by atoms with Gasteiger partial charge in [-0.05, 0) is 72.7 Å². The molecule has 0 aliphatic heterocycles. The van der Waals surface area contributed by atoms with Crippen LogP contribution in [0.3, 0.4) is 0 Å². The van der Waals surface area contributed by atoms with E-state index in [0.29, 0.717) is 44.2 Å². The zero-order valence-electron chi connectivity index (χ0n) is 30.2. The molecule has 46 heavy (non-hydrogen) atoms. The van der Waals surface area contributed by atoms with Crippen molar-refractivity contribution in [1.29, 1.82) is 0 Å². The lowest BCUT2D eigenvalue weighted by Crippen LogP contribution is -1.98. The average molecular weight is 594 g/mol. The van der Waals surface area contributed by atoms with Crippen molar-refractivity contribution in [3.05, 3.63) is 152 Å². The van der Waals surface area contributed by atoms with Gasteiger partial charge >= 0.3 is 0 Å². The van der Waals surface area contributed by atoms with Gasteiger partial charge in [0, 0.05) is 43.7 Å². The van der Waals surface area contributed by atoms with Gasteiger partial charge in [0.05, 0.1) is 47.0 Å². The first-order chi connectivity index (χ1) is 25.3. The van der Waals surface area contributed by atoms with Gasteiger partial charge in [0.25, 0.3) is 0 Å². The maximum absolute atomic E-state index is 9.24. The lowest BCUT2D eigenvalue weighted by atomic mass is 10.1. The molecule has 4 heteroatoms. The minimum atomic E-state index is -0.244. The molecule has 11 aromatic rings. The van der Waals surface area contributed by atoms with Gasteiger partial charge < -0.3 is 18.1 Å². The molecular formula is C42H25N3O. The second kappa shape index (κ2) is 8.68. The van der Waals surface area contributed by atoms with Crippen LogP contribution >= 0.6 is 0 Å². The van der Waals surface area contributed by atoms with Gasteiger partial charge in [-0.1, -0.05) is 78.8 Å². The number of fused-ring (bicyclic) bond motifs is 6. The normalized spacial score (nSPS) is 14.2. The van der Waals surface area contributed by atoms with Crippen LogP contribution in [0.4, 0.5) is 0 Å². The summed E-state index contributed by atoms with van der Waals surface area (Å²) in [5.74, 6) is 0. The summed E-state index contributed by atoms with van der Waals surface area (Å²) < 4.78 is 66.8. The molecule has 0 saturated carbocycles. The summed E-state index contributed by atoms with van der Waals surface area (Å²) >= 11 is 0. The molecule has 7 aromatic carbocycles. The summed E-state index contributed by atoms with van der Waals surface area (Å²) in [4.78, 5) is 0. The minimum absolute atomic E-state index is 0.132. The number of benzene rings is 7. The van der Waals surface area contributed by atoms with Gasteiger partial charge in [0.2, 0.25) is 0 Å². The Morgan fingerprint density at radius 1 is 0.435 bits per heavy atom. The van der Waals surface area contributed by atoms with Gasteiger partial charge in [0.15, 0.2) is 5.58 Å². The minimum Gasteiger partial charge on any atom is -0.454 e. The van der Waals surface area contributed by atoms with Crippen LogP contribution < -0.4 is 0 Å². The number of aromatic nitrogens is 3. The molecule has 0 spiro atoms. The van der Waals surface area contributed by atoms with E-state index < -0.39 is 0 Å². The van der Waals surface area contributed by atoms with Crippen molar-refractivity contribution in [2.45, 2.75) is 0 Å². The molecule has 0 fully saturated rings. The molecule has 0 unspecified atom stereocenters. The number of nitrogens with zero attached hydrogens (tertiary/aromatic N) is 3. The highest BCUT2D eigenvalue weighted by atomic mass is 16.3. The van der Waals surface area contributed by atoms with E-state index in [4.69, 9.17) is 9.90 Å². The highest BCUT2D eigenvalue weighted by molar-refractivity contribution is 6.25. The smallest absolute Gasteiger partial charge is 0.159 e. The van der Waals surface area contributed by atoms with Crippen LogP contribution in [-0.2, 0) is 0 Å². The van der Waals surface area contributed by atoms with Crippen LogP contribution in [0.25, 0.3) is 93.6 Å². The Morgan fingerprint density at radius 2 is 1.04 bits per heavy atom. The van der Waals surface area contributed by atoms with E-state index in [1.165, 1.54) is 0 Å². The third kappa shape index (κ3) is 2.98. The van der Waals surface area contributed by atoms with E-state index in [0.717, 1.165) is 49.4 Å². The van der Waals surface area contributed by atoms with Crippen LogP contribution in [-0.4, -0.2) is 13.7 Å². The first kappa shape index (κ1) is 19.2. The topological polar surface area (TPSA) is 27.9 Å². The van der Waals surface area contributed by atoms with E-state index in [-0.39, 0.29) is 36.3 Å². The molecule has 214 valence electrons. The van der Waals surface area contributed by atoms with Crippen molar-refractivity contribution in [2.24, 2.45) is 0 Å². The SMILES string of the molecule is [2H]c1c([2H])c2c3c4c(c([2H])c([2H])c([2H])c4n(-c4ccc5c(c4)c4ccccc4n5-c4cccc5c4oc4ccccc45)c3c1[2H])n2-c1ccccc1. The summed E-state index contributed by atoms with van der Waals surface area (Å²) in [6.07, 6.45) is 0. The second-order valence-corrected chi connectivity index (χ2v) is 11.7. The fourth-order valence-electron chi connectivity index (χ4n) is 7.50. The van der Waals surface area contributed by atoms with Gasteiger partial charge in [0.1, 0.15) is 5.58 Å². The van der Waals surface area contributed by atoms with E-state index in [2.05, 4.69) is 34.9 Å². The Hall–Kier alpha value is -6.26. The summed E-state index contributed by atoms with van der Waals surface area (Å²) in [5.41, 5.74) is 7.27. The van der Waals surface area contributed by atoms with Crippen LogP contribution in [0.15, 0.2) is 156 Å². The predicted molar refractivity (Wildman–Crippen MR) is 190 cm³/mol. The molecule has 4 aromatic heterocycles. The van der Waals surface area contributed by atoms with E-state index >= 15 is 0 Å². The second-order valence-electron chi connectivity index (χ2n) is 11.7. The van der Waals surface area contributed by atoms with Crippen LogP contribution in [0.2, 0.25) is 0 Å². The van der Waals surface area contributed by atoms with Gasteiger partial charge in [-0.25, -0.2) is 0 Å². The lowest BCUT2D eigenvalue weighted by Gasteiger charge is -2.13. The number of rotatable bonds is 3. The summed E-state index contributed by atoms with van der Waals surface area (Å²) in [5, 5.41) is 5.09. The summed E-state index contributed by atoms with van der Waals surface area (Å²) in [7, 11) is 0. The van der Waals surface area contributed by atoms with Crippen molar-refractivity contribution in [1.82, 2.24) is 13.7 Å². The molecule has 4 nitrogen and oxygen atoms in total. The molecule has 0 bridgehead atoms. The Labute approximate surface area is 271 Å². The Kier molecular flexibility index (Phi) is 3.62. The Balaban J connectivity index is 1.27. The van der Waals surface area contributed by atoms with Gasteiger partial charge in [-0.15, -0.1) is 0 Å². The quantitative estimate of drug-likeness (QED) is 0.200. The molecular weight excluding hydrogens is 562 g/mol. The summed E-state index contributed by atoms with van der Waals surface area (Å²) in [6.45, 7) is 0. The van der Waals surface area contributed by atoms with Crippen molar-refractivity contribution in [3.8, 4) is 17.1 Å². The molecule has 0 radical (unpaired) electrons. The van der Waals surface area contributed by atoms with Crippen LogP contribution in [0, 0.1) is 0 Å². The third-order valence-electron chi connectivity index (χ3n) is 9.37. The molecule has 0 N–H and O–H groups in total. The van der Waals surface area contributed by atoms with Crippen molar-refractivity contribution in [2.75, 3.05) is 0 Å². The lowest BCUT2D eigenvalue weighted by molar-refractivity contribution is 0.666. The summed E-state index contributed by atoms with van der Waals surface area (Å²) in [6, 6.07) is 36.7. The number of para-hydroxylation sites is 4. The van der Waals surface area contributed by atoms with Gasteiger partial charge in [-0.2, -0.15) is 0 Å². The average Bonchev–Trinajstić information content (AvgIpc) is 3.92. The van der Waals surface area contributed by atoms with E-state index in [1.807, 2.05) is 84.9 Å². The molecule has 0 aliphatic carbocycles. The van der Waals surface area contributed by atoms with Crippen molar-refractivity contribution in [3.63, 3.8) is 0 Å². The standard InChI is InChI=1S/C42H25N3O/c1-2-11-26(12-3-1)43-34-17-9-19-36-40(34)41-35(43)18-10-20-37(41)44(36)27-23-24-33-31(25-27)28-13-4-6-16-32(28)45(33)38-21-8-15-30-29-14-5-7-22-39(29)46-42(30)38/h1-25H/i9D,10D,17D,18D,19D,20D. The van der Waals surface area contributed by atoms with E-state index in [1.54, 1.807) is 9.13 Å². The zero-order valence-corrected chi connectivity index (χ0v) is 24.2. The van der Waals surface area contributed by atoms with E-state index in [9.17, 15) is 2.74 Å². The van der Waals surface area contributed by atoms with Crippen LogP contribution in [0.1, 0.15) is 8.22 Å². The first-order valence-corrected chi connectivity index (χ1v) is 15.2. The fourth-order valence-corrected chi connectivity index (χ4v) is 7.50. The highest BCUT2D eigenvalue weighted by Crippen LogP contribution is 2.43. The van der Waals surface area contributed by atoms with Gasteiger partial charge in [-0.3, -0.25) is 0 Å². The third-order valence-corrected chi connectivity index (χ3v) is 9.37. The Morgan fingerprint density at radius 3 is 1.80 bits per heavy atom. The molecule has 11 rings (SSSR count). The monoisotopic (exact) mass is 593 g/mol. The number of furan rings is 1. The molecule has 0 saturated heterocycles. The van der Waals surface area contributed by atoms with Crippen molar-refractivity contribution < 1.29 is 12.6 Å². The van der Waals surface area contributed by atoms with Crippen LogP contribution in [0.5, 0.6) is 0 Å². The molecule has 0 amide bonds. The molecule has 0 atom stereocenters. The number of hydrogen-bond acceptors (Lipinski definition) is 1. The van der Waals surface area contributed by atoms with Crippen molar-refractivity contribution >= 4 is 76.6 Å². The zero-order chi connectivity index (χ0) is 35.2. The maximum atomic E-state index is 9.24.